The number of hydrogen-bond donors (Lipinski definition) is 1. The summed E-state index contributed by atoms with van der Waals surface area (Å²) in [5, 5.41) is 6.90. The Morgan fingerprint density at radius 2 is 1.91 bits per heavy atom. The molecule has 0 atom stereocenters. The third-order valence-electron chi connectivity index (χ3n) is 3.18. The summed E-state index contributed by atoms with van der Waals surface area (Å²) < 4.78 is 37.5. The largest absolute Gasteiger partial charge is 0.416 e. The minimum Gasteiger partial charge on any atom is -0.261 e. The third kappa shape index (κ3) is 3.31. The second kappa shape index (κ2) is 5.96. The Hall–Kier alpha value is -2.48. The molecule has 2 aromatic heterocycles. The summed E-state index contributed by atoms with van der Waals surface area (Å²) >= 11 is 1.51. The van der Waals surface area contributed by atoms with Crippen molar-refractivity contribution in [1.29, 1.82) is 0 Å². The summed E-state index contributed by atoms with van der Waals surface area (Å²) in [6.45, 7) is 1.95. The van der Waals surface area contributed by atoms with Gasteiger partial charge in [-0.25, -0.2) is 9.97 Å². The normalized spacial score (nSPS) is 12.2. The first kappa shape index (κ1) is 15.4. The van der Waals surface area contributed by atoms with Crippen LogP contribution >= 0.6 is 11.3 Å². The number of hydrogen-bond acceptors (Lipinski definition) is 5. The van der Waals surface area contributed by atoms with Gasteiger partial charge in [-0.3, -0.25) is 5.43 Å². The molecule has 3 aromatic rings. The molecule has 118 valence electrons. The number of anilines is 1. The van der Waals surface area contributed by atoms with Crippen LogP contribution in [0.2, 0.25) is 0 Å². The molecular weight excluding hydrogens is 325 g/mol. The van der Waals surface area contributed by atoms with Gasteiger partial charge in [0.05, 0.1) is 17.2 Å². The number of fused-ring (bicyclic) bond motifs is 1. The van der Waals surface area contributed by atoms with Gasteiger partial charge in [-0.1, -0.05) is 12.1 Å². The zero-order chi connectivity index (χ0) is 16.4. The van der Waals surface area contributed by atoms with E-state index in [1.54, 1.807) is 0 Å². The zero-order valence-corrected chi connectivity index (χ0v) is 12.7. The van der Waals surface area contributed by atoms with Gasteiger partial charge >= 0.3 is 6.18 Å². The van der Waals surface area contributed by atoms with Crippen LogP contribution in [0.5, 0.6) is 0 Å². The molecule has 2 heterocycles. The molecule has 0 bridgehead atoms. The molecule has 23 heavy (non-hydrogen) atoms. The van der Waals surface area contributed by atoms with Gasteiger partial charge in [0.2, 0.25) is 0 Å². The number of benzene rings is 1. The minimum atomic E-state index is -4.34. The minimum absolute atomic E-state index is 0.554. The van der Waals surface area contributed by atoms with Crippen molar-refractivity contribution >= 4 is 33.6 Å². The van der Waals surface area contributed by atoms with Crippen LogP contribution in [-0.4, -0.2) is 16.2 Å². The molecule has 1 aromatic carbocycles. The van der Waals surface area contributed by atoms with Gasteiger partial charge in [-0.15, -0.1) is 11.3 Å². The predicted octanol–water partition coefficient (Wildman–Crippen LogP) is 4.46. The standard InChI is InChI=1S/C15H11F3N4S/c1-9-7-23-14-12(9)13(19-8-20-14)22-21-6-10-2-4-11(5-3-10)15(16,17)18/h2-8H,1H3,(H,19,20,22)/b21-6+. The van der Waals surface area contributed by atoms with Crippen molar-refractivity contribution in [2.75, 3.05) is 5.43 Å². The Balaban J connectivity index is 1.77. The summed E-state index contributed by atoms with van der Waals surface area (Å²) in [5.74, 6) is 0.567. The van der Waals surface area contributed by atoms with Gasteiger partial charge in [0.1, 0.15) is 11.2 Å². The number of nitrogens with zero attached hydrogens (tertiary/aromatic N) is 3. The monoisotopic (exact) mass is 336 g/mol. The van der Waals surface area contributed by atoms with Crippen LogP contribution in [0.3, 0.4) is 0 Å². The lowest BCUT2D eigenvalue weighted by Crippen LogP contribution is -2.04. The number of aromatic nitrogens is 2. The maximum atomic E-state index is 12.5. The van der Waals surface area contributed by atoms with E-state index in [4.69, 9.17) is 0 Å². The summed E-state index contributed by atoms with van der Waals surface area (Å²) in [5.41, 5.74) is 3.72. The van der Waals surface area contributed by atoms with E-state index in [0.717, 1.165) is 27.9 Å². The molecule has 0 spiro atoms. The maximum Gasteiger partial charge on any atom is 0.416 e. The first-order valence-corrected chi connectivity index (χ1v) is 7.48. The third-order valence-corrected chi connectivity index (χ3v) is 4.18. The summed E-state index contributed by atoms with van der Waals surface area (Å²) in [6, 6.07) is 4.76. The average molecular weight is 336 g/mol. The molecule has 0 radical (unpaired) electrons. The van der Waals surface area contributed by atoms with Crippen LogP contribution in [0.1, 0.15) is 16.7 Å². The Labute approximate surface area is 133 Å². The zero-order valence-electron chi connectivity index (χ0n) is 11.9. The molecule has 3 rings (SSSR count). The first-order valence-electron chi connectivity index (χ1n) is 6.60. The molecule has 0 amide bonds. The predicted molar refractivity (Wildman–Crippen MR) is 84.8 cm³/mol. The molecular formula is C15H11F3N4S. The molecule has 0 unspecified atom stereocenters. The number of rotatable bonds is 3. The van der Waals surface area contributed by atoms with Gasteiger partial charge in [0, 0.05) is 0 Å². The van der Waals surface area contributed by atoms with Crippen molar-refractivity contribution < 1.29 is 13.2 Å². The Morgan fingerprint density at radius 3 is 2.61 bits per heavy atom. The number of alkyl halides is 3. The van der Waals surface area contributed by atoms with Crippen LogP contribution in [0.25, 0.3) is 10.2 Å². The SMILES string of the molecule is Cc1csc2ncnc(N/N=C/c3ccc(C(F)(F)F)cc3)c12. The molecule has 0 saturated carbocycles. The number of thiophene rings is 1. The Bertz CT molecular complexity index is 853. The fraction of sp³-hybridized carbons (Fsp3) is 0.133. The fourth-order valence-corrected chi connectivity index (χ4v) is 2.92. The maximum absolute atomic E-state index is 12.5. The molecule has 8 heteroatoms. The van der Waals surface area contributed by atoms with E-state index in [1.807, 2.05) is 12.3 Å². The molecule has 0 aliphatic rings. The highest BCUT2D eigenvalue weighted by atomic mass is 32.1. The molecule has 0 fully saturated rings. The van der Waals surface area contributed by atoms with Crippen molar-refractivity contribution in [3.05, 3.63) is 52.7 Å². The molecule has 0 saturated heterocycles. The highest BCUT2D eigenvalue weighted by Gasteiger charge is 2.29. The van der Waals surface area contributed by atoms with E-state index >= 15 is 0 Å². The number of hydrazone groups is 1. The van der Waals surface area contributed by atoms with Crippen molar-refractivity contribution in [3.8, 4) is 0 Å². The van der Waals surface area contributed by atoms with E-state index in [1.165, 1.54) is 36.0 Å². The lowest BCUT2D eigenvalue weighted by molar-refractivity contribution is -0.137. The van der Waals surface area contributed by atoms with Crippen molar-refractivity contribution in [1.82, 2.24) is 9.97 Å². The topological polar surface area (TPSA) is 50.2 Å². The van der Waals surface area contributed by atoms with Crippen LogP contribution in [-0.2, 0) is 6.18 Å². The smallest absolute Gasteiger partial charge is 0.261 e. The lowest BCUT2D eigenvalue weighted by atomic mass is 10.1. The van der Waals surface area contributed by atoms with Crippen LogP contribution < -0.4 is 5.43 Å². The van der Waals surface area contributed by atoms with Crippen molar-refractivity contribution in [3.63, 3.8) is 0 Å². The second-order valence-corrected chi connectivity index (χ2v) is 5.67. The van der Waals surface area contributed by atoms with Gasteiger partial charge in [-0.2, -0.15) is 18.3 Å². The molecule has 1 N–H and O–H groups in total. The lowest BCUT2D eigenvalue weighted by Gasteiger charge is -2.06. The molecule has 4 nitrogen and oxygen atoms in total. The van der Waals surface area contributed by atoms with Crippen LogP contribution in [0, 0.1) is 6.92 Å². The number of aryl methyl sites for hydroxylation is 1. The Morgan fingerprint density at radius 1 is 1.17 bits per heavy atom. The molecule has 0 aliphatic heterocycles. The quantitative estimate of drug-likeness (QED) is 0.567. The fourth-order valence-electron chi connectivity index (χ4n) is 2.03. The van der Waals surface area contributed by atoms with E-state index in [-0.39, 0.29) is 0 Å². The van der Waals surface area contributed by atoms with E-state index in [0.29, 0.717) is 11.4 Å². The van der Waals surface area contributed by atoms with Gasteiger partial charge < -0.3 is 0 Å². The van der Waals surface area contributed by atoms with Crippen molar-refractivity contribution in [2.24, 2.45) is 5.10 Å². The van der Waals surface area contributed by atoms with Crippen LogP contribution in [0.15, 0.2) is 41.1 Å². The summed E-state index contributed by atoms with van der Waals surface area (Å²) in [6.07, 6.45) is -1.46. The average Bonchev–Trinajstić information content (AvgIpc) is 2.89. The van der Waals surface area contributed by atoms with E-state index < -0.39 is 11.7 Å². The van der Waals surface area contributed by atoms with Crippen LogP contribution in [0.4, 0.5) is 19.0 Å². The van der Waals surface area contributed by atoms with E-state index in [2.05, 4.69) is 20.5 Å². The van der Waals surface area contributed by atoms with Gasteiger partial charge in [0.25, 0.3) is 0 Å². The highest BCUT2D eigenvalue weighted by Crippen LogP contribution is 2.29. The van der Waals surface area contributed by atoms with E-state index in [9.17, 15) is 13.2 Å². The van der Waals surface area contributed by atoms with Crippen molar-refractivity contribution in [2.45, 2.75) is 13.1 Å². The number of nitrogens with one attached hydrogen (secondary N) is 1. The number of halogens is 3. The molecule has 0 aliphatic carbocycles. The highest BCUT2D eigenvalue weighted by molar-refractivity contribution is 7.17. The van der Waals surface area contributed by atoms with Gasteiger partial charge in [-0.05, 0) is 35.6 Å². The first-order chi connectivity index (χ1) is 10.9. The van der Waals surface area contributed by atoms with Gasteiger partial charge in [0.15, 0.2) is 5.82 Å². The second-order valence-electron chi connectivity index (χ2n) is 4.81. The Kier molecular flexibility index (Phi) is 3.99. The summed E-state index contributed by atoms with van der Waals surface area (Å²) in [4.78, 5) is 9.16. The summed E-state index contributed by atoms with van der Waals surface area (Å²) in [7, 11) is 0.